The molecule has 0 N–H and O–H groups in total. The summed E-state index contributed by atoms with van der Waals surface area (Å²) < 4.78 is 0. The number of nitrogens with zero attached hydrogens (tertiary/aromatic N) is 2. The number of hydrogen-bond donors (Lipinski definition) is 0. The van der Waals surface area contributed by atoms with Crippen molar-refractivity contribution in [2.24, 2.45) is 21.0 Å². The Labute approximate surface area is 252 Å². The van der Waals surface area contributed by atoms with Crippen LogP contribution < -0.4 is 0 Å². The van der Waals surface area contributed by atoms with Crippen LogP contribution in [-0.2, 0) is 0 Å². The lowest BCUT2D eigenvalue weighted by Crippen LogP contribution is -2.31. The van der Waals surface area contributed by atoms with Crippen LogP contribution in [0.15, 0.2) is 10.2 Å². The molecule has 0 aromatic heterocycles. The molecule has 0 aromatic carbocycles. The fourth-order valence-corrected chi connectivity index (χ4v) is 16.2. The van der Waals surface area contributed by atoms with Gasteiger partial charge in [-0.15, -0.1) is 0 Å². The van der Waals surface area contributed by atoms with Crippen molar-refractivity contribution in [1.29, 1.82) is 0 Å². The fraction of sp³-hybridized carbons (Fsp3) is 0.944. The third kappa shape index (κ3) is 9.87. The van der Waals surface area contributed by atoms with Crippen LogP contribution in [0, 0.1) is 10.8 Å². The van der Waals surface area contributed by atoms with Gasteiger partial charge in [-0.3, -0.25) is 0 Å². The topological polar surface area (TPSA) is 24.7 Å². The molecular formula is C36H66N2P2. The quantitative estimate of drug-likeness (QED) is 0.145. The highest BCUT2D eigenvalue weighted by atomic mass is 31.1. The van der Waals surface area contributed by atoms with Crippen LogP contribution in [0.5, 0.6) is 0 Å². The van der Waals surface area contributed by atoms with E-state index in [0.717, 1.165) is 22.6 Å². The van der Waals surface area contributed by atoms with Gasteiger partial charge in [0.05, 0.1) is 11.4 Å². The molecule has 0 heterocycles. The van der Waals surface area contributed by atoms with Gasteiger partial charge in [0.1, 0.15) is 0 Å². The first kappa shape index (κ1) is 33.1. The molecule has 0 amide bonds. The van der Waals surface area contributed by atoms with Gasteiger partial charge >= 0.3 is 0 Å². The minimum atomic E-state index is 0.00717. The molecular weight excluding hydrogens is 522 g/mol. The summed E-state index contributed by atoms with van der Waals surface area (Å²) in [7, 11) is 0.0143. The summed E-state index contributed by atoms with van der Waals surface area (Å²) in [6.07, 6.45) is 32.0. The second kappa shape index (κ2) is 15.8. The van der Waals surface area contributed by atoms with Crippen LogP contribution in [-0.4, -0.2) is 46.4 Å². The molecule has 0 spiro atoms. The molecule has 2 nitrogen and oxygen atoms in total. The van der Waals surface area contributed by atoms with Crippen molar-refractivity contribution in [3.63, 3.8) is 0 Å². The van der Waals surface area contributed by atoms with Crippen molar-refractivity contribution in [3.8, 4) is 0 Å². The van der Waals surface area contributed by atoms with Gasteiger partial charge < -0.3 is 0 Å². The fourth-order valence-electron chi connectivity index (χ4n) is 8.07. The summed E-state index contributed by atoms with van der Waals surface area (Å²) >= 11 is 0. The predicted molar refractivity (Wildman–Crippen MR) is 185 cm³/mol. The van der Waals surface area contributed by atoms with Crippen molar-refractivity contribution in [3.05, 3.63) is 0 Å². The molecule has 0 radical (unpaired) electrons. The highest BCUT2D eigenvalue weighted by molar-refractivity contribution is 7.60. The van der Waals surface area contributed by atoms with E-state index < -0.39 is 0 Å². The molecule has 4 heteroatoms. The maximum atomic E-state index is 5.37. The summed E-state index contributed by atoms with van der Waals surface area (Å²) in [6, 6.07) is 0. The van der Waals surface area contributed by atoms with Gasteiger partial charge in [-0.25, -0.2) is 0 Å². The minimum absolute atomic E-state index is 0.00717. The number of rotatable bonds is 9. The van der Waals surface area contributed by atoms with E-state index in [2.05, 4.69) is 41.5 Å². The molecule has 4 fully saturated rings. The molecule has 0 aromatic rings. The molecule has 40 heavy (non-hydrogen) atoms. The lowest BCUT2D eigenvalue weighted by Gasteiger charge is -2.40. The van der Waals surface area contributed by atoms with Crippen molar-refractivity contribution in [1.82, 2.24) is 0 Å². The van der Waals surface area contributed by atoms with Crippen molar-refractivity contribution in [2.75, 3.05) is 12.3 Å². The predicted octanol–water partition coefficient (Wildman–Crippen LogP) is 12.2. The van der Waals surface area contributed by atoms with Crippen molar-refractivity contribution >= 4 is 27.3 Å². The lowest BCUT2D eigenvalue weighted by molar-refractivity contribution is 0.484. The van der Waals surface area contributed by atoms with E-state index in [1.807, 2.05) is 0 Å². The van der Waals surface area contributed by atoms with Crippen LogP contribution in [0.3, 0.4) is 0 Å². The van der Waals surface area contributed by atoms with Gasteiger partial charge in [-0.1, -0.05) is 134 Å². The average Bonchev–Trinajstić information content (AvgIpc) is 2.95. The van der Waals surface area contributed by atoms with E-state index in [-0.39, 0.29) is 26.7 Å². The SMILES string of the molecule is CC(C)(C)/C(CP(C1CCCCC1)C1CCCCC1)=N/N=C(/CP(C1CCCCC1)C1CCCCC1)C(C)(C)C. The molecule has 230 valence electrons. The van der Waals surface area contributed by atoms with Gasteiger partial charge in [0.2, 0.25) is 0 Å². The smallest absolute Gasteiger partial charge is 0.0502 e. The average molecular weight is 589 g/mol. The zero-order valence-corrected chi connectivity index (χ0v) is 29.4. The third-order valence-electron chi connectivity index (χ3n) is 10.9. The summed E-state index contributed by atoms with van der Waals surface area (Å²) in [6.45, 7) is 14.5. The molecule has 4 aliphatic carbocycles. The van der Waals surface area contributed by atoms with Crippen molar-refractivity contribution < 1.29 is 0 Å². The zero-order chi connectivity index (χ0) is 28.6. The maximum Gasteiger partial charge on any atom is 0.0502 e. The summed E-state index contributed by atoms with van der Waals surface area (Å²) in [5, 5.41) is 10.7. The second-order valence-corrected chi connectivity index (χ2v) is 21.7. The summed E-state index contributed by atoms with van der Waals surface area (Å²) in [4.78, 5) is 0. The van der Waals surface area contributed by atoms with Crippen LogP contribution in [0.4, 0.5) is 0 Å². The number of hydrogen-bond acceptors (Lipinski definition) is 2. The molecule has 0 saturated heterocycles. The maximum absolute atomic E-state index is 5.37. The van der Waals surface area contributed by atoms with Gasteiger partial charge in [0.25, 0.3) is 0 Å². The Morgan fingerprint density at radius 1 is 0.425 bits per heavy atom. The van der Waals surface area contributed by atoms with Gasteiger partial charge in [0, 0.05) is 23.2 Å². The van der Waals surface area contributed by atoms with E-state index in [4.69, 9.17) is 10.2 Å². The Kier molecular flexibility index (Phi) is 13.1. The third-order valence-corrected chi connectivity index (χ3v) is 18.0. The van der Waals surface area contributed by atoms with E-state index in [9.17, 15) is 0 Å². The summed E-state index contributed by atoms with van der Waals surface area (Å²) in [5.74, 6) is 0. The first-order chi connectivity index (χ1) is 19.1. The van der Waals surface area contributed by atoms with Crippen LogP contribution in [0.25, 0.3) is 0 Å². The normalized spacial score (nSPS) is 24.8. The van der Waals surface area contributed by atoms with E-state index in [0.29, 0.717) is 0 Å². The van der Waals surface area contributed by atoms with Crippen LogP contribution in [0.1, 0.15) is 170 Å². The van der Waals surface area contributed by atoms with Gasteiger partial charge in [-0.05, 0) is 74.0 Å². The second-order valence-electron chi connectivity index (χ2n) is 16.1. The van der Waals surface area contributed by atoms with E-state index in [1.54, 1.807) is 0 Å². The molecule has 0 unspecified atom stereocenters. The first-order valence-corrected chi connectivity index (χ1v) is 21.1. The van der Waals surface area contributed by atoms with Gasteiger partial charge in [-0.2, -0.15) is 10.2 Å². The van der Waals surface area contributed by atoms with E-state index >= 15 is 0 Å². The lowest BCUT2D eigenvalue weighted by atomic mass is 9.90. The monoisotopic (exact) mass is 588 g/mol. The Bertz CT molecular complexity index is 692. The Morgan fingerprint density at radius 2 is 0.650 bits per heavy atom. The Hall–Kier alpha value is 0.200. The molecule has 0 atom stereocenters. The molecule has 4 aliphatic rings. The molecule has 4 saturated carbocycles. The highest BCUT2D eigenvalue weighted by Gasteiger charge is 2.36. The molecule has 4 rings (SSSR count). The van der Waals surface area contributed by atoms with Crippen LogP contribution >= 0.6 is 15.8 Å². The van der Waals surface area contributed by atoms with Crippen LogP contribution in [0.2, 0.25) is 0 Å². The summed E-state index contributed by atoms with van der Waals surface area (Å²) in [5.41, 5.74) is 6.99. The highest BCUT2D eigenvalue weighted by Crippen LogP contribution is 2.58. The minimum Gasteiger partial charge on any atom is -0.159 e. The van der Waals surface area contributed by atoms with Gasteiger partial charge in [0.15, 0.2) is 0 Å². The first-order valence-electron chi connectivity index (χ1n) is 17.8. The molecule has 0 bridgehead atoms. The van der Waals surface area contributed by atoms with Crippen molar-refractivity contribution in [2.45, 2.75) is 193 Å². The Balaban J connectivity index is 1.61. The largest absolute Gasteiger partial charge is 0.159 e. The zero-order valence-electron chi connectivity index (χ0n) is 27.7. The van der Waals surface area contributed by atoms with E-state index in [1.165, 1.54) is 152 Å². The standard InChI is InChI=1S/C36H66N2P2/c1-35(2,3)33(27-39(29-19-11-7-12-20-29)30-21-13-8-14-22-30)37-38-34(36(4,5)6)28-40(31-23-15-9-16-24-31)32-25-17-10-18-26-32/h29-32H,7-28H2,1-6H3/b37-33-,38-34+. The molecule has 0 aliphatic heterocycles. The Morgan fingerprint density at radius 3 is 0.850 bits per heavy atom.